The fourth-order valence-electron chi connectivity index (χ4n) is 6.12. The molecule has 2 fully saturated rings. The molecule has 2 bridgehead atoms. The standard InChI is InChI=1S/C27H33NO/c1-25(2)18-24-19-26(3,20-25)21-28(24)17-11-10-16-27(29,22-12-6-4-7-13-22)23-14-8-5-9-15-23/h4-9,12-15,24,29H,16-21H2,1-3H3/p+1/t24-,26-/m0/s1. The molecular weight excluding hydrogens is 354 g/mol. The van der Waals surface area contributed by atoms with Gasteiger partial charge in [-0.3, -0.25) is 0 Å². The molecule has 2 nitrogen and oxygen atoms in total. The van der Waals surface area contributed by atoms with Crippen molar-refractivity contribution in [1.29, 1.82) is 0 Å². The van der Waals surface area contributed by atoms with Gasteiger partial charge in [-0.25, -0.2) is 0 Å². The van der Waals surface area contributed by atoms with Gasteiger partial charge in [0.15, 0.2) is 0 Å². The molecule has 152 valence electrons. The molecule has 2 N–H and O–H groups in total. The minimum atomic E-state index is -1.07. The summed E-state index contributed by atoms with van der Waals surface area (Å²) in [6.45, 7) is 9.43. The minimum absolute atomic E-state index is 0.418. The maximum Gasteiger partial charge on any atom is 0.139 e. The fourth-order valence-corrected chi connectivity index (χ4v) is 6.12. The highest BCUT2D eigenvalue weighted by Gasteiger charge is 2.52. The number of benzene rings is 2. The number of hydrogen-bond donors (Lipinski definition) is 2. The van der Waals surface area contributed by atoms with Crippen molar-refractivity contribution in [3.63, 3.8) is 0 Å². The molecule has 1 saturated heterocycles. The Hall–Kier alpha value is -2.08. The molecule has 2 aliphatic rings. The number of nitrogens with one attached hydrogen (secondary N) is 1. The Balaban J connectivity index is 1.50. The van der Waals surface area contributed by atoms with E-state index in [2.05, 4.69) is 32.6 Å². The molecule has 29 heavy (non-hydrogen) atoms. The van der Waals surface area contributed by atoms with Gasteiger partial charge in [-0.05, 0) is 28.9 Å². The predicted octanol–water partition coefficient (Wildman–Crippen LogP) is 3.80. The van der Waals surface area contributed by atoms with Crippen molar-refractivity contribution in [3.05, 3.63) is 71.8 Å². The van der Waals surface area contributed by atoms with Crippen molar-refractivity contribution in [2.24, 2.45) is 10.8 Å². The van der Waals surface area contributed by atoms with E-state index in [4.69, 9.17) is 0 Å². The molecule has 0 aromatic heterocycles. The lowest BCUT2D eigenvalue weighted by atomic mass is 9.65. The maximum absolute atomic E-state index is 11.6. The largest absolute Gasteiger partial charge is 0.379 e. The van der Waals surface area contributed by atoms with Crippen molar-refractivity contribution in [3.8, 4) is 11.8 Å². The molecule has 2 aromatic carbocycles. The SMILES string of the molecule is CC1(C)C[C@H]2C[C@](C)(C[NH+]2CC#CCC(O)(c2ccccc2)c2ccccc2)C1. The lowest BCUT2D eigenvalue weighted by molar-refractivity contribution is -0.907. The second-order valence-electron chi connectivity index (χ2n) is 10.4. The van der Waals surface area contributed by atoms with Crippen LogP contribution in [-0.4, -0.2) is 24.2 Å². The number of likely N-dealkylation sites (tertiary alicyclic amines) is 1. The Morgan fingerprint density at radius 1 is 0.931 bits per heavy atom. The summed E-state index contributed by atoms with van der Waals surface area (Å²) >= 11 is 0. The highest BCUT2D eigenvalue weighted by Crippen LogP contribution is 2.47. The zero-order valence-corrected chi connectivity index (χ0v) is 18.0. The van der Waals surface area contributed by atoms with E-state index in [1.165, 1.54) is 25.8 Å². The lowest BCUT2D eigenvalue weighted by Gasteiger charge is -2.37. The molecule has 2 heteroatoms. The van der Waals surface area contributed by atoms with Gasteiger partial charge in [0, 0.05) is 24.7 Å². The van der Waals surface area contributed by atoms with Crippen LogP contribution < -0.4 is 4.90 Å². The zero-order valence-electron chi connectivity index (χ0n) is 18.0. The number of quaternary nitrogens is 1. The fraction of sp³-hybridized carbons (Fsp3) is 0.481. The number of aliphatic hydroxyl groups is 1. The first kappa shape index (κ1) is 20.2. The van der Waals surface area contributed by atoms with E-state index in [1.807, 2.05) is 60.7 Å². The number of fused-ring (bicyclic) bond motifs is 2. The van der Waals surface area contributed by atoms with Crippen LogP contribution in [-0.2, 0) is 5.60 Å². The molecule has 3 atom stereocenters. The van der Waals surface area contributed by atoms with Gasteiger partial charge in [-0.2, -0.15) is 0 Å². The van der Waals surface area contributed by atoms with E-state index in [0.717, 1.165) is 23.7 Å². The lowest BCUT2D eigenvalue weighted by Crippen LogP contribution is -3.13. The summed E-state index contributed by atoms with van der Waals surface area (Å²) < 4.78 is 0. The van der Waals surface area contributed by atoms with Crippen molar-refractivity contribution in [2.75, 3.05) is 13.1 Å². The number of rotatable bonds is 4. The average Bonchev–Trinajstić information content (AvgIpc) is 2.94. The zero-order chi connectivity index (χ0) is 20.5. The first-order valence-electron chi connectivity index (χ1n) is 10.9. The molecule has 1 aliphatic heterocycles. The predicted molar refractivity (Wildman–Crippen MR) is 118 cm³/mol. The smallest absolute Gasteiger partial charge is 0.139 e. The van der Waals surface area contributed by atoms with E-state index >= 15 is 0 Å². The van der Waals surface area contributed by atoms with Crippen LogP contribution in [0, 0.1) is 22.7 Å². The van der Waals surface area contributed by atoms with Crippen LogP contribution in [0.5, 0.6) is 0 Å². The van der Waals surface area contributed by atoms with Gasteiger partial charge in [0.25, 0.3) is 0 Å². The van der Waals surface area contributed by atoms with Crippen molar-refractivity contribution < 1.29 is 10.0 Å². The number of hydrogen-bond acceptors (Lipinski definition) is 1. The molecule has 1 unspecified atom stereocenters. The summed E-state index contributed by atoms with van der Waals surface area (Å²) in [5.74, 6) is 6.77. The van der Waals surface area contributed by atoms with Crippen molar-refractivity contribution >= 4 is 0 Å². The van der Waals surface area contributed by atoms with Crippen LogP contribution >= 0.6 is 0 Å². The first-order chi connectivity index (χ1) is 13.8. The molecule has 1 aliphatic carbocycles. The highest BCUT2D eigenvalue weighted by molar-refractivity contribution is 5.37. The van der Waals surface area contributed by atoms with E-state index in [0.29, 0.717) is 17.3 Å². The normalized spacial score (nSPS) is 27.9. The van der Waals surface area contributed by atoms with E-state index in [9.17, 15) is 5.11 Å². The molecule has 1 heterocycles. The van der Waals surface area contributed by atoms with Crippen LogP contribution in [0.1, 0.15) is 57.6 Å². The second-order valence-corrected chi connectivity index (χ2v) is 10.4. The van der Waals surface area contributed by atoms with Gasteiger partial charge in [0.2, 0.25) is 0 Å². The molecule has 0 radical (unpaired) electrons. The average molecular weight is 389 g/mol. The summed E-state index contributed by atoms with van der Waals surface area (Å²) in [4.78, 5) is 1.65. The Morgan fingerprint density at radius 3 is 2.10 bits per heavy atom. The van der Waals surface area contributed by atoms with E-state index < -0.39 is 5.60 Å². The summed E-state index contributed by atoms with van der Waals surface area (Å²) in [5, 5.41) is 11.6. The Kier molecular flexibility index (Phi) is 5.32. The quantitative estimate of drug-likeness (QED) is 0.765. The molecule has 4 rings (SSSR count). The summed E-state index contributed by atoms with van der Waals surface area (Å²) in [7, 11) is 0. The van der Waals surface area contributed by atoms with Gasteiger partial charge >= 0.3 is 0 Å². The van der Waals surface area contributed by atoms with Crippen LogP contribution in [0.3, 0.4) is 0 Å². The highest BCUT2D eigenvalue weighted by atomic mass is 16.3. The van der Waals surface area contributed by atoms with Crippen molar-refractivity contribution in [2.45, 2.75) is 58.1 Å². The van der Waals surface area contributed by atoms with Gasteiger partial charge in [-0.15, -0.1) is 0 Å². The summed E-state index contributed by atoms with van der Waals surface area (Å²) in [6, 6.07) is 20.6. The van der Waals surface area contributed by atoms with E-state index in [-0.39, 0.29) is 0 Å². The third-order valence-corrected chi connectivity index (χ3v) is 6.96. The van der Waals surface area contributed by atoms with Gasteiger partial charge < -0.3 is 10.0 Å². The Morgan fingerprint density at radius 2 is 1.52 bits per heavy atom. The maximum atomic E-state index is 11.6. The minimum Gasteiger partial charge on any atom is -0.379 e. The van der Waals surface area contributed by atoms with Crippen LogP contribution in [0.4, 0.5) is 0 Å². The topological polar surface area (TPSA) is 24.7 Å². The Labute approximate surface area is 176 Å². The van der Waals surface area contributed by atoms with Crippen LogP contribution in [0.15, 0.2) is 60.7 Å². The second kappa shape index (κ2) is 7.63. The molecular formula is C27H34NO+. The van der Waals surface area contributed by atoms with Crippen LogP contribution in [0.25, 0.3) is 0 Å². The molecule has 0 spiro atoms. The first-order valence-corrected chi connectivity index (χ1v) is 10.9. The van der Waals surface area contributed by atoms with Crippen LogP contribution in [0.2, 0.25) is 0 Å². The van der Waals surface area contributed by atoms with Gasteiger partial charge in [-0.1, -0.05) is 87.4 Å². The van der Waals surface area contributed by atoms with E-state index in [1.54, 1.807) is 4.90 Å². The molecule has 0 amide bonds. The Bertz CT molecular complexity index is 853. The van der Waals surface area contributed by atoms with Crippen molar-refractivity contribution in [1.82, 2.24) is 0 Å². The molecule has 2 aromatic rings. The third kappa shape index (κ3) is 4.27. The van der Waals surface area contributed by atoms with Gasteiger partial charge in [0.1, 0.15) is 12.1 Å². The molecule has 1 saturated carbocycles. The third-order valence-electron chi connectivity index (χ3n) is 6.96. The summed E-state index contributed by atoms with van der Waals surface area (Å²) in [6.07, 6.45) is 4.39. The monoisotopic (exact) mass is 388 g/mol. The summed E-state index contributed by atoms with van der Waals surface area (Å²) in [5.41, 5.74) is 1.66. The van der Waals surface area contributed by atoms with Gasteiger partial charge in [0.05, 0.1) is 12.6 Å².